The van der Waals surface area contributed by atoms with Crippen LogP contribution in [0, 0.1) is 0 Å². The lowest BCUT2D eigenvalue weighted by molar-refractivity contribution is 0.579. The first-order valence-corrected chi connectivity index (χ1v) is 8.05. The molecule has 0 aliphatic carbocycles. The topological polar surface area (TPSA) is 46.2 Å². The molecule has 1 fully saturated rings. The van der Waals surface area contributed by atoms with Gasteiger partial charge in [-0.2, -0.15) is 0 Å². The predicted molar refractivity (Wildman–Crippen MR) is 65.1 cm³/mol. The summed E-state index contributed by atoms with van der Waals surface area (Å²) in [5.74, 6) is 0.222. The standard InChI is InChI=1S/C9H12BrNO2S2/c10-8-3-4-9(14-8)15(12,13)6-7-2-1-5-11-7/h3-4,7,11H,1-2,5-6H2. The van der Waals surface area contributed by atoms with Crippen molar-refractivity contribution in [2.24, 2.45) is 0 Å². The summed E-state index contributed by atoms with van der Waals surface area (Å²) in [6.45, 7) is 0.939. The molecule has 84 valence electrons. The summed E-state index contributed by atoms with van der Waals surface area (Å²) in [4.78, 5) is 0. The Labute approximate surface area is 102 Å². The lowest BCUT2D eigenvalue weighted by Gasteiger charge is -2.09. The van der Waals surface area contributed by atoms with E-state index in [4.69, 9.17) is 0 Å². The van der Waals surface area contributed by atoms with Crippen molar-refractivity contribution in [3.05, 3.63) is 15.9 Å². The number of sulfone groups is 1. The Kier molecular flexibility index (Phi) is 3.49. The van der Waals surface area contributed by atoms with Crippen LogP contribution in [0.1, 0.15) is 12.8 Å². The number of nitrogens with one attached hydrogen (secondary N) is 1. The van der Waals surface area contributed by atoms with Crippen LogP contribution >= 0.6 is 27.3 Å². The maximum absolute atomic E-state index is 12.0. The lowest BCUT2D eigenvalue weighted by Crippen LogP contribution is -2.29. The smallest absolute Gasteiger partial charge is 0.189 e. The molecule has 0 bridgehead atoms. The van der Waals surface area contributed by atoms with Crippen LogP contribution < -0.4 is 5.32 Å². The minimum Gasteiger partial charge on any atom is -0.313 e. The van der Waals surface area contributed by atoms with Crippen LogP contribution in [-0.4, -0.2) is 26.8 Å². The van der Waals surface area contributed by atoms with Gasteiger partial charge in [-0.05, 0) is 47.4 Å². The molecule has 1 atom stereocenters. The number of rotatable bonds is 3. The van der Waals surface area contributed by atoms with Gasteiger partial charge in [0.25, 0.3) is 0 Å². The Hall–Kier alpha value is 0.0900. The second-order valence-electron chi connectivity index (χ2n) is 3.63. The summed E-state index contributed by atoms with van der Waals surface area (Å²) >= 11 is 4.55. The van der Waals surface area contributed by atoms with Crippen molar-refractivity contribution >= 4 is 37.1 Å². The molecule has 15 heavy (non-hydrogen) atoms. The van der Waals surface area contributed by atoms with Gasteiger partial charge in [0.1, 0.15) is 4.21 Å². The van der Waals surface area contributed by atoms with Gasteiger partial charge in [0.15, 0.2) is 9.84 Å². The van der Waals surface area contributed by atoms with E-state index in [1.165, 1.54) is 11.3 Å². The highest BCUT2D eigenvalue weighted by Crippen LogP contribution is 2.27. The highest BCUT2D eigenvalue weighted by molar-refractivity contribution is 9.11. The Balaban J connectivity index is 2.12. The third-order valence-corrected chi connectivity index (χ3v) is 6.46. The molecule has 1 aliphatic rings. The van der Waals surface area contributed by atoms with Gasteiger partial charge in [-0.3, -0.25) is 0 Å². The molecule has 6 heteroatoms. The van der Waals surface area contributed by atoms with Crippen molar-refractivity contribution in [3.8, 4) is 0 Å². The Bertz CT molecular complexity index is 435. The molecule has 1 aliphatic heterocycles. The van der Waals surface area contributed by atoms with Gasteiger partial charge < -0.3 is 5.32 Å². The molecule has 0 spiro atoms. The fourth-order valence-corrected chi connectivity index (χ4v) is 5.39. The number of halogens is 1. The summed E-state index contributed by atoms with van der Waals surface area (Å²) in [5, 5.41) is 3.20. The van der Waals surface area contributed by atoms with Crippen LogP contribution in [0.4, 0.5) is 0 Å². The molecule has 1 saturated heterocycles. The minimum atomic E-state index is -3.10. The average Bonchev–Trinajstić information content (AvgIpc) is 2.75. The van der Waals surface area contributed by atoms with Gasteiger partial charge in [0.2, 0.25) is 0 Å². The van der Waals surface area contributed by atoms with E-state index in [-0.39, 0.29) is 11.8 Å². The zero-order valence-corrected chi connectivity index (χ0v) is 11.3. The van der Waals surface area contributed by atoms with Crippen molar-refractivity contribution in [3.63, 3.8) is 0 Å². The van der Waals surface area contributed by atoms with Gasteiger partial charge >= 0.3 is 0 Å². The third kappa shape index (κ3) is 2.81. The molecule has 0 amide bonds. The maximum Gasteiger partial charge on any atom is 0.189 e. The second-order valence-corrected chi connectivity index (χ2v) is 8.36. The average molecular weight is 310 g/mol. The fourth-order valence-electron chi connectivity index (χ4n) is 1.71. The van der Waals surface area contributed by atoms with Crippen LogP contribution in [0.5, 0.6) is 0 Å². The molecule has 1 N–H and O–H groups in total. The van der Waals surface area contributed by atoms with Crippen molar-refractivity contribution < 1.29 is 8.42 Å². The molecule has 1 aromatic rings. The van der Waals surface area contributed by atoms with E-state index in [0.29, 0.717) is 4.21 Å². The first-order valence-electron chi connectivity index (χ1n) is 4.79. The Morgan fingerprint density at radius 1 is 1.53 bits per heavy atom. The number of hydrogen-bond donors (Lipinski definition) is 1. The first kappa shape index (κ1) is 11.6. The van der Waals surface area contributed by atoms with Crippen molar-refractivity contribution in [2.75, 3.05) is 12.3 Å². The van der Waals surface area contributed by atoms with Gasteiger partial charge in [0.05, 0.1) is 9.54 Å². The van der Waals surface area contributed by atoms with E-state index in [2.05, 4.69) is 21.2 Å². The van der Waals surface area contributed by atoms with Gasteiger partial charge in [-0.15, -0.1) is 11.3 Å². The molecule has 2 heterocycles. The number of thiophene rings is 1. The van der Waals surface area contributed by atoms with E-state index in [0.717, 1.165) is 23.2 Å². The molecule has 2 rings (SSSR count). The highest BCUT2D eigenvalue weighted by Gasteiger charge is 2.24. The summed E-state index contributed by atoms with van der Waals surface area (Å²) < 4.78 is 25.2. The zero-order valence-electron chi connectivity index (χ0n) is 8.07. The van der Waals surface area contributed by atoms with Gasteiger partial charge in [-0.1, -0.05) is 0 Å². The van der Waals surface area contributed by atoms with Crippen molar-refractivity contribution in [1.29, 1.82) is 0 Å². The van der Waals surface area contributed by atoms with Gasteiger partial charge in [-0.25, -0.2) is 8.42 Å². The molecule has 0 saturated carbocycles. The third-order valence-electron chi connectivity index (χ3n) is 2.44. The first-order chi connectivity index (χ1) is 7.08. The highest BCUT2D eigenvalue weighted by atomic mass is 79.9. The van der Waals surface area contributed by atoms with Crippen LogP contribution in [-0.2, 0) is 9.84 Å². The predicted octanol–water partition coefficient (Wildman–Crippen LogP) is 2.04. The normalized spacial score (nSPS) is 22.1. The van der Waals surface area contributed by atoms with E-state index < -0.39 is 9.84 Å². The molecule has 0 radical (unpaired) electrons. The summed E-state index contributed by atoms with van der Waals surface area (Å²) in [6.07, 6.45) is 2.04. The van der Waals surface area contributed by atoms with Crippen LogP contribution in [0.3, 0.4) is 0 Å². The second kappa shape index (κ2) is 4.53. The molecule has 3 nitrogen and oxygen atoms in total. The molecular weight excluding hydrogens is 298 g/mol. The van der Waals surface area contributed by atoms with E-state index in [1.807, 2.05) is 0 Å². The summed E-state index contributed by atoms with van der Waals surface area (Å²) in [7, 11) is -3.10. The monoisotopic (exact) mass is 309 g/mol. The van der Waals surface area contributed by atoms with Crippen molar-refractivity contribution in [2.45, 2.75) is 23.1 Å². The zero-order chi connectivity index (χ0) is 10.9. The maximum atomic E-state index is 12.0. The van der Waals surface area contributed by atoms with Crippen molar-refractivity contribution in [1.82, 2.24) is 5.32 Å². The Morgan fingerprint density at radius 3 is 2.87 bits per heavy atom. The minimum absolute atomic E-state index is 0.135. The quantitative estimate of drug-likeness (QED) is 0.929. The number of hydrogen-bond acceptors (Lipinski definition) is 4. The molecule has 0 aromatic carbocycles. The van der Waals surface area contributed by atoms with Crippen LogP contribution in [0.2, 0.25) is 0 Å². The largest absolute Gasteiger partial charge is 0.313 e. The molecule has 1 unspecified atom stereocenters. The van der Waals surface area contributed by atoms with E-state index in [1.54, 1.807) is 12.1 Å². The summed E-state index contributed by atoms with van der Waals surface area (Å²) in [6, 6.07) is 3.58. The summed E-state index contributed by atoms with van der Waals surface area (Å²) in [5.41, 5.74) is 0. The SMILES string of the molecule is O=S(=O)(CC1CCCN1)c1ccc(Br)s1. The van der Waals surface area contributed by atoms with E-state index >= 15 is 0 Å². The molecular formula is C9H12BrNO2S2. The Morgan fingerprint density at radius 2 is 2.33 bits per heavy atom. The van der Waals surface area contributed by atoms with E-state index in [9.17, 15) is 8.42 Å². The van der Waals surface area contributed by atoms with Crippen LogP contribution in [0.25, 0.3) is 0 Å². The lowest BCUT2D eigenvalue weighted by atomic mass is 10.3. The van der Waals surface area contributed by atoms with Gasteiger partial charge in [0, 0.05) is 6.04 Å². The molecule has 1 aromatic heterocycles. The van der Waals surface area contributed by atoms with Crippen LogP contribution in [0.15, 0.2) is 20.1 Å². The fraction of sp³-hybridized carbons (Fsp3) is 0.556.